The molecule has 74 valence electrons. The minimum atomic E-state index is -0.240. The van der Waals surface area contributed by atoms with E-state index in [1.165, 1.54) is 44.6 Å². The number of rotatable bonds is 8. The highest BCUT2D eigenvalue weighted by Crippen LogP contribution is 2.10. The Morgan fingerprint density at radius 1 is 0.833 bits per heavy atom. The fourth-order valence-electron chi connectivity index (χ4n) is 1.48. The molecule has 0 fully saturated rings. The second-order valence-corrected chi connectivity index (χ2v) is 7.67. The molecule has 0 aromatic carbocycles. The molecule has 0 bridgehead atoms. The fourth-order valence-corrected chi connectivity index (χ4v) is 2.87. The Kier molecular flexibility index (Phi) is 9.47. The largest absolute Gasteiger partial charge is 0.0720 e. The van der Waals surface area contributed by atoms with Crippen molar-refractivity contribution in [3.05, 3.63) is 0 Å². The van der Waals surface area contributed by atoms with Gasteiger partial charge in [-0.1, -0.05) is 71.0 Å². The van der Waals surface area contributed by atoms with E-state index in [-0.39, 0.29) is 8.80 Å². The van der Waals surface area contributed by atoms with Gasteiger partial charge in [0.25, 0.3) is 0 Å². The first-order valence-electron chi connectivity index (χ1n) is 5.81. The van der Waals surface area contributed by atoms with Gasteiger partial charge in [-0.25, -0.2) is 0 Å². The van der Waals surface area contributed by atoms with Gasteiger partial charge in [-0.05, 0) is 0 Å². The van der Waals surface area contributed by atoms with Crippen LogP contribution in [0.4, 0.5) is 0 Å². The Labute approximate surface area is 80.4 Å². The highest BCUT2D eigenvalue weighted by molar-refractivity contribution is 6.57. The Morgan fingerprint density at radius 3 is 2.00 bits per heavy atom. The van der Waals surface area contributed by atoms with E-state index in [9.17, 15) is 0 Å². The molecule has 0 saturated heterocycles. The maximum absolute atomic E-state index is 2.51. The molecule has 0 spiro atoms. The van der Waals surface area contributed by atoms with Gasteiger partial charge in [0.05, 0.1) is 0 Å². The molecule has 0 aromatic heterocycles. The van der Waals surface area contributed by atoms with Gasteiger partial charge in [0.1, 0.15) is 0 Å². The van der Waals surface area contributed by atoms with Gasteiger partial charge in [-0.15, -0.1) is 0 Å². The summed E-state index contributed by atoms with van der Waals surface area (Å²) in [6.45, 7) is 7.14. The van der Waals surface area contributed by atoms with Gasteiger partial charge in [0, 0.05) is 8.80 Å². The third kappa shape index (κ3) is 8.31. The van der Waals surface area contributed by atoms with Gasteiger partial charge in [-0.3, -0.25) is 0 Å². The maximum atomic E-state index is 2.51. The topological polar surface area (TPSA) is 0 Å². The van der Waals surface area contributed by atoms with Crippen LogP contribution in [-0.2, 0) is 0 Å². The third-order valence-electron chi connectivity index (χ3n) is 2.75. The highest BCUT2D eigenvalue weighted by Gasteiger charge is 1.99. The molecule has 0 aliphatic carbocycles. The summed E-state index contributed by atoms with van der Waals surface area (Å²) in [5.41, 5.74) is 0. The predicted molar refractivity (Wildman–Crippen MR) is 61.7 cm³/mol. The minimum Gasteiger partial charge on any atom is -0.0720 e. The van der Waals surface area contributed by atoms with Crippen LogP contribution in [-0.4, -0.2) is 8.80 Å². The minimum absolute atomic E-state index is 0.240. The second-order valence-electron chi connectivity index (χ2n) is 4.07. The van der Waals surface area contributed by atoms with Crippen molar-refractivity contribution in [1.29, 1.82) is 0 Å². The average Bonchev–Trinajstić information content (AvgIpc) is 2.10. The fraction of sp³-hybridized carbons (Fsp3) is 1.00. The van der Waals surface area contributed by atoms with Crippen molar-refractivity contribution in [3.63, 3.8) is 0 Å². The standard InChI is InChI=1S/C11H26Si/c1-4-6-7-8-9-10-11-12(3)5-2/h12H,4-11H2,1-3H3. The van der Waals surface area contributed by atoms with Crippen molar-refractivity contribution >= 4 is 8.80 Å². The zero-order chi connectivity index (χ0) is 9.23. The van der Waals surface area contributed by atoms with Crippen LogP contribution >= 0.6 is 0 Å². The van der Waals surface area contributed by atoms with Gasteiger partial charge in [0.15, 0.2) is 0 Å². The maximum Gasteiger partial charge on any atom is 0.0334 e. The Bertz CT molecular complexity index is 81.1. The van der Waals surface area contributed by atoms with Crippen LogP contribution < -0.4 is 0 Å². The molecule has 0 nitrogen and oxygen atoms in total. The Hall–Kier alpha value is 0.217. The van der Waals surface area contributed by atoms with Gasteiger partial charge < -0.3 is 0 Å². The van der Waals surface area contributed by atoms with Crippen LogP contribution in [0.2, 0.25) is 18.6 Å². The van der Waals surface area contributed by atoms with Crippen LogP contribution in [0.5, 0.6) is 0 Å². The van der Waals surface area contributed by atoms with E-state index in [0.717, 1.165) is 0 Å². The van der Waals surface area contributed by atoms with Crippen LogP contribution in [0.15, 0.2) is 0 Å². The lowest BCUT2D eigenvalue weighted by atomic mass is 10.1. The van der Waals surface area contributed by atoms with Crippen molar-refractivity contribution in [1.82, 2.24) is 0 Å². The van der Waals surface area contributed by atoms with E-state index in [4.69, 9.17) is 0 Å². The summed E-state index contributed by atoms with van der Waals surface area (Å²) in [4.78, 5) is 0. The van der Waals surface area contributed by atoms with E-state index >= 15 is 0 Å². The van der Waals surface area contributed by atoms with Gasteiger partial charge in [-0.2, -0.15) is 0 Å². The SMILES string of the molecule is CCCCCCCC[SiH](C)CC. The molecule has 12 heavy (non-hydrogen) atoms. The van der Waals surface area contributed by atoms with E-state index in [1.54, 1.807) is 6.04 Å². The van der Waals surface area contributed by atoms with Gasteiger partial charge in [0.2, 0.25) is 0 Å². The molecule has 0 rings (SSSR count). The summed E-state index contributed by atoms with van der Waals surface area (Å²) >= 11 is 0. The Balaban J connectivity index is 2.90. The highest BCUT2D eigenvalue weighted by atomic mass is 28.3. The number of hydrogen-bond acceptors (Lipinski definition) is 0. The molecule has 0 N–H and O–H groups in total. The summed E-state index contributed by atoms with van der Waals surface area (Å²) in [7, 11) is -0.240. The number of hydrogen-bond donors (Lipinski definition) is 0. The molecule has 0 aliphatic rings. The van der Waals surface area contributed by atoms with Crippen LogP contribution in [0.3, 0.4) is 0 Å². The molecule has 0 amide bonds. The zero-order valence-electron chi connectivity index (χ0n) is 9.23. The van der Waals surface area contributed by atoms with Crippen molar-refractivity contribution in [2.45, 2.75) is 71.0 Å². The molecule has 0 heterocycles. The molecule has 0 radical (unpaired) electrons. The molecule has 0 saturated carbocycles. The lowest BCUT2D eigenvalue weighted by Crippen LogP contribution is -2.02. The van der Waals surface area contributed by atoms with E-state index < -0.39 is 0 Å². The lowest BCUT2D eigenvalue weighted by molar-refractivity contribution is 0.623. The first-order valence-corrected chi connectivity index (χ1v) is 8.60. The zero-order valence-corrected chi connectivity index (χ0v) is 10.4. The molecule has 1 unspecified atom stereocenters. The normalized spacial score (nSPS) is 13.2. The van der Waals surface area contributed by atoms with Crippen molar-refractivity contribution < 1.29 is 0 Å². The summed E-state index contributed by atoms with van der Waals surface area (Å²) in [6.07, 6.45) is 8.79. The van der Waals surface area contributed by atoms with Crippen molar-refractivity contribution in [2.75, 3.05) is 0 Å². The second kappa shape index (κ2) is 9.31. The third-order valence-corrected chi connectivity index (χ3v) is 5.54. The molecule has 0 aromatic rings. The molecule has 1 heteroatoms. The van der Waals surface area contributed by atoms with Crippen LogP contribution in [0.25, 0.3) is 0 Å². The molecule has 0 aliphatic heterocycles. The lowest BCUT2D eigenvalue weighted by Gasteiger charge is -2.05. The van der Waals surface area contributed by atoms with E-state index in [1.807, 2.05) is 0 Å². The van der Waals surface area contributed by atoms with Crippen LogP contribution in [0.1, 0.15) is 52.4 Å². The first kappa shape index (κ1) is 12.2. The smallest absolute Gasteiger partial charge is 0.0334 e. The molecular weight excluding hydrogens is 160 g/mol. The predicted octanol–water partition coefficient (Wildman–Crippen LogP) is 4.22. The summed E-state index contributed by atoms with van der Waals surface area (Å²) in [5, 5.41) is 0. The van der Waals surface area contributed by atoms with Crippen molar-refractivity contribution in [3.8, 4) is 0 Å². The molecule has 1 atom stereocenters. The number of unbranched alkanes of at least 4 members (excludes halogenated alkanes) is 5. The quantitative estimate of drug-likeness (QED) is 0.393. The van der Waals surface area contributed by atoms with E-state index in [0.29, 0.717) is 0 Å². The summed E-state index contributed by atoms with van der Waals surface area (Å²) in [6, 6.07) is 3.08. The molecular formula is C11H26Si. The van der Waals surface area contributed by atoms with Crippen LogP contribution in [0, 0.1) is 0 Å². The summed E-state index contributed by atoms with van der Waals surface area (Å²) in [5.74, 6) is 0. The summed E-state index contributed by atoms with van der Waals surface area (Å²) < 4.78 is 0. The average molecular weight is 186 g/mol. The van der Waals surface area contributed by atoms with E-state index in [2.05, 4.69) is 20.4 Å². The van der Waals surface area contributed by atoms with Gasteiger partial charge >= 0.3 is 0 Å². The van der Waals surface area contributed by atoms with Crippen molar-refractivity contribution in [2.24, 2.45) is 0 Å². The first-order chi connectivity index (χ1) is 5.81. The monoisotopic (exact) mass is 186 g/mol. The Morgan fingerprint density at radius 2 is 1.42 bits per heavy atom.